The molecule has 100 valence electrons. The summed E-state index contributed by atoms with van der Waals surface area (Å²) in [5, 5.41) is 2.94. The Morgan fingerprint density at radius 1 is 1.39 bits per heavy atom. The number of hydrogen-bond donors (Lipinski definition) is 1. The van der Waals surface area contributed by atoms with Crippen LogP contribution in [0, 0.1) is 5.82 Å². The summed E-state index contributed by atoms with van der Waals surface area (Å²) in [5.41, 5.74) is 0.267. The first-order chi connectivity index (χ1) is 8.38. The van der Waals surface area contributed by atoms with Gasteiger partial charge in [-0.2, -0.15) is 0 Å². The molecule has 2 rings (SSSR count). The molecule has 0 heterocycles. The molecule has 2 unspecified atom stereocenters. The van der Waals surface area contributed by atoms with Crippen molar-refractivity contribution in [3.63, 3.8) is 0 Å². The van der Waals surface area contributed by atoms with Crippen molar-refractivity contribution in [1.82, 2.24) is 0 Å². The lowest BCUT2D eigenvalue weighted by Gasteiger charge is -2.21. The predicted octanol–water partition coefficient (Wildman–Crippen LogP) is 2.86. The molecule has 1 aliphatic rings. The van der Waals surface area contributed by atoms with Crippen LogP contribution < -0.4 is 5.32 Å². The third-order valence-electron chi connectivity index (χ3n) is 3.27. The van der Waals surface area contributed by atoms with Gasteiger partial charge in [-0.1, -0.05) is 11.6 Å². The van der Waals surface area contributed by atoms with Gasteiger partial charge >= 0.3 is 0 Å². The Morgan fingerprint density at radius 3 is 2.78 bits per heavy atom. The van der Waals surface area contributed by atoms with E-state index < -0.39 is 20.9 Å². The van der Waals surface area contributed by atoms with Gasteiger partial charge in [0.2, 0.25) is 0 Å². The molecular formula is C12H15ClFNO2S. The summed E-state index contributed by atoms with van der Waals surface area (Å²) in [6.45, 7) is 0. The molecule has 1 aromatic rings. The average Bonchev–Trinajstić information content (AvgIpc) is 2.71. The first-order valence-electron chi connectivity index (χ1n) is 5.78. The number of anilines is 1. The number of sulfone groups is 1. The minimum absolute atomic E-state index is 0.243. The third kappa shape index (κ3) is 2.95. The summed E-state index contributed by atoms with van der Waals surface area (Å²) in [6.07, 6.45) is 3.41. The zero-order valence-electron chi connectivity index (χ0n) is 9.99. The average molecular weight is 292 g/mol. The van der Waals surface area contributed by atoms with Crippen molar-refractivity contribution in [1.29, 1.82) is 0 Å². The summed E-state index contributed by atoms with van der Waals surface area (Å²) in [7, 11) is -3.11. The fraction of sp³-hybridized carbons (Fsp3) is 0.500. The molecular weight excluding hydrogens is 277 g/mol. The second-order valence-corrected chi connectivity index (χ2v) is 7.37. The number of nitrogens with one attached hydrogen (secondary N) is 1. The molecule has 0 spiro atoms. The summed E-state index contributed by atoms with van der Waals surface area (Å²) < 4.78 is 36.8. The van der Waals surface area contributed by atoms with Gasteiger partial charge in [0, 0.05) is 17.3 Å². The van der Waals surface area contributed by atoms with Crippen LogP contribution in [0.5, 0.6) is 0 Å². The monoisotopic (exact) mass is 291 g/mol. The summed E-state index contributed by atoms with van der Waals surface area (Å²) in [6, 6.07) is 3.97. The number of hydrogen-bond acceptors (Lipinski definition) is 3. The second-order valence-electron chi connectivity index (χ2n) is 4.67. The molecule has 18 heavy (non-hydrogen) atoms. The smallest absolute Gasteiger partial charge is 0.152 e. The van der Waals surface area contributed by atoms with Gasteiger partial charge in [0.25, 0.3) is 0 Å². The van der Waals surface area contributed by atoms with E-state index in [1.807, 2.05) is 0 Å². The molecule has 2 atom stereocenters. The van der Waals surface area contributed by atoms with E-state index in [0.717, 1.165) is 12.8 Å². The van der Waals surface area contributed by atoms with E-state index in [1.165, 1.54) is 24.5 Å². The zero-order chi connectivity index (χ0) is 13.3. The van der Waals surface area contributed by atoms with Crippen LogP contribution in [0.3, 0.4) is 0 Å². The Balaban J connectivity index is 2.21. The maximum absolute atomic E-state index is 13.6. The van der Waals surface area contributed by atoms with Crippen LogP contribution in [0.4, 0.5) is 10.1 Å². The molecule has 1 saturated carbocycles. The molecule has 0 saturated heterocycles. The third-order valence-corrected chi connectivity index (χ3v) is 5.17. The van der Waals surface area contributed by atoms with E-state index in [-0.39, 0.29) is 11.7 Å². The fourth-order valence-corrected chi connectivity index (χ4v) is 3.98. The maximum Gasteiger partial charge on any atom is 0.152 e. The number of halogens is 2. The Labute approximate surface area is 111 Å². The van der Waals surface area contributed by atoms with Gasteiger partial charge in [-0.15, -0.1) is 0 Å². The lowest BCUT2D eigenvalue weighted by atomic mass is 10.2. The quantitative estimate of drug-likeness (QED) is 0.931. The largest absolute Gasteiger partial charge is 0.379 e. The molecule has 0 amide bonds. The van der Waals surface area contributed by atoms with Crippen LogP contribution >= 0.6 is 11.6 Å². The van der Waals surface area contributed by atoms with Crippen LogP contribution in [-0.2, 0) is 9.84 Å². The lowest BCUT2D eigenvalue weighted by Crippen LogP contribution is -2.34. The zero-order valence-corrected chi connectivity index (χ0v) is 11.6. The van der Waals surface area contributed by atoms with Gasteiger partial charge in [-0.3, -0.25) is 0 Å². The van der Waals surface area contributed by atoms with Gasteiger partial charge < -0.3 is 5.32 Å². The molecule has 1 aliphatic carbocycles. The fourth-order valence-electron chi connectivity index (χ4n) is 2.41. The molecule has 0 aliphatic heterocycles. The molecule has 6 heteroatoms. The number of benzene rings is 1. The van der Waals surface area contributed by atoms with Gasteiger partial charge in [-0.05, 0) is 37.5 Å². The van der Waals surface area contributed by atoms with E-state index in [2.05, 4.69) is 5.32 Å². The highest BCUT2D eigenvalue weighted by atomic mass is 35.5. The summed E-state index contributed by atoms with van der Waals surface area (Å²) >= 11 is 5.80. The second kappa shape index (κ2) is 5.05. The Hall–Kier alpha value is -0.810. The van der Waals surface area contributed by atoms with Crippen molar-refractivity contribution in [3.05, 3.63) is 29.0 Å². The minimum Gasteiger partial charge on any atom is -0.379 e. The lowest BCUT2D eigenvalue weighted by molar-refractivity contribution is 0.577. The van der Waals surface area contributed by atoms with Crippen LogP contribution in [-0.4, -0.2) is 26.0 Å². The van der Waals surface area contributed by atoms with E-state index >= 15 is 0 Å². The Morgan fingerprint density at radius 2 is 2.11 bits per heavy atom. The van der Waals surface area contributed by atoms with Crippen LogP contribution in [0.25, 0.3) is 0 Å². The highest BCUT2D eigenvalue weighted by Gasteiger charge is 2.35. The first kappa shape index (κ1) is 13.6. The predicted molar refractivity (Wildman–Crippen MR) is 71.3 cm³/mol. The van der Waals surface area contributed by atoms with Gasteiger partial charge in [-0.25, -0.2) is 12.8 Å². The van der Waals surface area contributed by atoms with Gasteiger partial charge in [0.05, 0.1) is 10.9 Å². The molecule has 3 nitrogen and oxygen atoms in total. The van der Waals surface area contributed by atoms with Gasteiger partial charge in [0.15, 0.2) is 9.84 Å². The normalized spacial score (nSPS) is 24.2. The molecule has 1 N–H and O–H groups in total. The Bertz CT molecular complexity index is 547. The van der Waals surface area contributed by atoms with E-state index in [9.17, 15) is 12.8 Å². The van der Waals surface area contributed by atoms with E-state index in [1.54, 1.807) is 0 Å². The first-order valence-corrected chi connectivity index (χ1v) is 8.11. The van der Waals surface area contributed by atoms with Crippen molar-refractivity contribution in [3.8, 4) is 0 Å². The van der Waals surface area contributed by atoms with Crippen LogP contribution in [0.1, 0.15) is 19.3 Å². The van der Waals surface area contributed by atoms with E-state index in [4.69, 9.17) is 11.6 Å². The summed E-state index contributed by atoms with van der Waals surface area (Å²) in [5.74, 6) is -0.418. The van der Waals surface area contributed by atoms with E-state index in [0.29, 0.717) is 11.4 Å². The molecule has 1 aromatic carbocycles. The van der Waals surface area contributed by atoms with Crippen molar-refractivity contribution in [2.45, 2.75) is 30.6 Å². The minimum atomic E-state index is -3.11. The molecule has 0 radical (unpaired) electrons. The van der Waals surface area contributed by atoms with Crippen LogP contribution in [0.15, 0.2) is 18.2 Å². The standard InChI is InChI=1S/C12H15ClFNO2S/c1-18(16,17)12-4-2-3-10(12)15-11-7-8(13)5-6-9(11)14/h5-7,10,12,15H,2-4H2,1H3. The number of rotatable bonds is 3. The van der Waals surface area contributed by atoms with Crippen molar-refractivity contribution < 1.29 is 12.8 Å². The van der Waals surface area contributed by atoms with Crippen molar-refractivity contribution in [2.24, 2.45) is 0 Å². The van der Waals surface area contributed by atoms with Crippen molar-refractivity contribution in [2.75, 3.05) is 11.6 Å². The summed E-state index contributed by atoms with van der Waals surface area (Å²) in [4.78, 5) is 0. The van der Waals surface area contributed by atoms with Gasteiger partial charge in [0.1, 0.15) is 5.82 Å². The molecule has 1 fully saturated rings. The van der Waals surface area contributed by atoms with Crippen LogP contribution in [0.2, 0.25) is 5.02 Å². The maximum atomic E-state index is 13.6. The topological polar surface area (TPSA) is 46.2 Å². The van der Waals surface area contributed by atoms with Crippen molar-refractivity contribution >= 4 is 27.1 Å². The Kier molecular flexibility index (Phi) is 3.82. The SMILES string of the molecule is CS(=O)(=O)C1CCCC1Nc1cc(Cl)ccc1F. The molecule has 0 aromatic heterocycles. The molecule has 0 bridgehead atoms. The highest BCUT2D eigenvalue weighted by Crippen LogP contribution is 2.29. The highest BCUT2D eigenvalue weighted by molar-refractivity contribution is 7.91.